The quantitative estimate of drug-likeness (QED) is 0.363. The van der Waals surface area contributed by atoms with Gasteiger partial charge in [0.25, 0.3) is 0 Å². The molecule has 0 bridgehead atoms. The molecule has 2 aromatic carbocycles. The molecule has 0 saturated carbocycles. The van der Waals surface area contributed by atoms with Gasteiger partial charge in [-0.25, -0.2) is 9.97 Å². The van der Waals surface area contributed by atoms with Crippen molar-refractivity contribution >= 4 is 44.8 Å². The van der Waals surface area contributed by atoms with Gasteiger partial charge in [0, 0.05) is 34.7 Å². The van der Waals surface area contributed by atoms with Gasteiger partial charge >= 0.3 is 0 Å². The predicted octanol–water partition coefficient (Wildman–Crippen LogP) is 5.68. The SMILES string of the molecule is O=C(CCCC(=O)Nc1nc(-c2ccccc2)cs1)Nc1nc(-c2ccccc2)cs1. The summed E-state index contributed by atoms with van der Waals surface area (Å²) >= 11 is 2.77. The fourth-order valence-corrected chi connectivity index (χ4v) is 4.39. The van der Waals surface area contributed by atoms with Crippen LogP contribution in [0.2, 0.25) is 0 Å². The van der Waals surface area contributed by atoms with Crippen LogP contribution in [0.4, 0.5) is 10.3 Å². The highest BCUT2D eigenvalue weighted by molar-refractivity contribution is 7.14. The van der Waals surface area contributed by atoms with Crippen LogP contribution in [0.5, 0.6) is 0 Å². The van der Waals surface area contributed by atoms with Gasteiger partial charge in [0.2, 0.25) is 11.8 Å². The third kappa shape index (κ3) is 5.84. The molecule has 0 spiro atoms. The van der Waals surface area contributed by atoms with Crippen LogP contribution >= 0.6 is 22.7 Å². The molecule has 0 radical (unpaired) electrons. The maximum Gasteiger partial charge on any atom is 0.226 e. The molecule has 0 saturated heterocycles. The van der Waals surface area contributed by atoms with Gasteiger partial charge in [-0.1, -0.05) is 60.7 Å². The number of carbonyl (C=O) groups is 2. The number of benzene rings is 2. The lowest BCUT2D eigenvalue weighted by atomic mass is 10.2. The zero-order chi connectivity index (χ0) is 21.5. The monoisotopic (exact) mass is 448 g/mol. The molecular formula is C23H20N4O2S2. The second kappa shape index (κ2) is 10.1. The normalized spacial score (nSPS) is 10.6. The van der Waals surface area contributed by atoms with E-state index >= 15 is 0 Å². The highest BCUT2D eigenvalue weighted by Gasteiger charge is 2.11. The predicted molar refractivity (Wildman–Crippen MR) is 126 cm³/mol. The summed E-state index contributed by atoms with van der Waals surface area (Å²) in [5, 5.41) is 10.6. The highest BCUT2D eigenvalue weighted by Crippen LogP contribution is 2.26. The molecule has 0 aliphatic heterocycles. The molecule has 2 N–H and O–H groups in total. The van der Waals surface area contributed by atoms with E-state index in [-0.39, 0.29) is 24.7 Å². The van der Waals surface area contributed by atoms with Gasteiger partial charge in [-0.2, -0.15) is 0 Å². The molecule has 2 heterocycles. The van der Waals surface area contributed by atoms with Crippen molar-refractivity contribution in [1.29, 1.82) is 0 Å². The lowest BCUT2D eigenvalue weighted by Crippen LogP contribution is -2.14. The van der Waals surface area contributed by atoms with Gasteiger partial charge in [0.1, 0.15) is 0 Å². The van der Waals surface area contributed by atoms with E-state index in [4.69, 9.17) is 0 Å². The van der Waals surface area contributed by atoms with Crippen LogP contribution in [0.1, 0.15) is 19.3 Å². The van der Waals surface area contributed by atoms with Crippen molar-refractivity contribution in [2.45, 2.75) is 19.3 Å². The summed E-state index contributed by atoms with van der Waals surface area (Å²) in [5.74, 6) is -0.301. The third-order valence-corrected chi connectivity index (χ3v) is 5.96. The third-order valence-electron chi connectivity index (χ3n) is 4.45. The van der Waals surface area contributed by atoms with Crippen LogP contribution in [0.25, 0.3) is 22.5 Å². The minimum atomic E-state index is -0.151. The summed E-state index contributed by atoms with van der Waals surface area (Å²) in [4.78, 5) is 33.2. The van der Waals surface area contributed by atoms with Crippen molar-refractivity contribution in [3.63, 3.8) is 0 Å². The Morgan fingerprint density at radius 1 is 0.677 bits per heavy atom. The molecule has 0 fully saturated rings. The van der Waals surface area contributed by atoms with E-state index in [9.17, 15) is 9.59 Å². The molecular weight excluding hydrogens is 428 g/mol. The van der Waals surface area contributed by atoms with Crippen molar-refractivity contribution in [3.8, 4) is 22.5 Å². The number of anilines is 2. The maximum atomic E-state index is 12.2. The minimum Gasteiger partial charge on any atom is -0.302 e. The molecule has 4 rings (SSSR count). The Morgan fingerprint density at radius 3 is 1.52 bits per heavy atom. The lowest BCUT2D eigenvalue weighted by molar-refractivity contribution is -0.117. The molecule has 2 aromatic heterocycles. The molecule has 156 valence electrons. The van der Waals surface area contributed by atoms with Crippen LogP contribution < -0.4 is 10.6 Å². The molecule has 31 heavy (non-hydrogen) atoms. The van der Waals surface area contributed by atoms with Crippen LogP contribution in [-0.2, 0) is 9.59 Å². The second-order valence-corrected chi connectivity index (χ2v) is 8.47. The van der Waals surface area contributed by atoms with Crippen molar-refractivity contribution in [2.24, 2.45) is 0 Å². The van der Waals surface area contributed by atoms with Gasteiger partial charge in [0.15, 0.2) is 10.3 Å². The number of hydrogen-bond acceptors (Lipinski definition) is 6. The number of nitrogens with one attached hydrogen (secondary N) is 2. The topological polar surface area (TPSA) is 84.0 Å². The standard InChI is InChI=1S/C23H20N4O2S2/c28-20(26-22-24-18(14-30-22)16-8-3-1-4-9-16)12-7-13-21(29)27-23-25-19(15-31-23)17-10-5-2-6-11-17/h1-6,8-11,14-15H,7,12-13H2,(H,24,26,28)(H,25,27,29). The van der Waals surface area contributed by atoms with Crippen molar-refractivity contribution < 1.29 is 9.59 Å². The van der Waals surface area contributed by atoms with Crippen LogP contribution in [0.15, 0.2) is 71.4 Å². The Labute approximate surface area is 188 Å². The number of aromatic nitrogens is 2. The zero-order valence-corrected chi connectivity index (χ0v) is 18.2. The molecule has 4 aromatic rings. The molecule has 0 unspecified atom stereocenters. The van der Waals surface area contributed by atoms with Crippen LogP contribution in [0, 0.1) is 0 Å². The first-order valence-corrected chi connectivity index (χ1v) is 11.5. The number of thiazole rings is 2. The molecule has 0 aliphatic carbocycles. The summed E-state index contributed by atoms with van der Waals surface area (Å²) in [6, 6.07) is 19.6. The van der Waals surface area contributed by atoms with Crippen LogP contribution in [-0.4, -0.2) is 21.8 Å². The first kappa shape index (κ1) is 20.9. The van der Waals surface area contributed by atoms with Crippen molar-refractivity contribution in [2.75, 3.05) is 10.6 Å². The average Bonchev–Trinajstić information content (AvgIpc) is 3.45. The highest BCUT2D eigenvalue weighted by atomic mass is 32.1. The first-order valence-electron chi connectivity index (χ1n) is 9.79. The number of hydrogen-bond donors (Lipinski definition) is 2. The number of nitrogens with zero attached hydrogens (tertiary/aromatic N) is 2. The summed E-state index contributed by atoms with van der Waals surface area (Å²) in [6.45, 7) is 0. The molecule has 0 atom stereocenters. The Kier molecular flexibility index (Phi) is 6.81. The number of amides is 2. The smallest absolute Gasteiger partial charge is 0.226 e. The summed E-state index contributed by atoms with van der Waals surface area (Å²) < 4.78 is 0. The fraction of sp³-hybridized carbons (Fsp3) is 0.130. The van der Waals surface area contributed by atoms with Crippen molar-refractivity contribution in [1.82, 2.24) is 9.97 Å². The van der Waals surface area contributed by atoms with E-state index in [1.807, 2.05) is 71.4 Å². The summed E-state index contributed by atoms with van der Waals surface area (Å²) in [6.07, 6.45) is 0.951. The molecule has 8 heteroatoms. The van der Waals surface area contributed by atoms with E-state index in [2.05, 4.69) is 20.6 Å². The number of rotatable bonds is 8. The lowest BCUT2D eigenvalue weighted by Gasteiger charge is -2.03. The summed E-state index contributed by atoms with van der Waals surface area (Å²) in [5.41, 5.74) is 3.68. The Hall–Kier alpha value is -3.36. The van der Waals surface area contributed by atoms with Crippen LogP contribution in [0.3, 0.4) is 0 Å². The number of carbonyl (C=O) groups excluding carboxylic acids is 2. The molecule has 6 nitrogen and oxygen atoms in total. The first-order chi connectivity index (χ1) is 15.2. The van der Waals surface area contributed by atoms with E-state index in [1.165, 1.54) is 22.7 Å². The van der Waals surface area contributed by atoms with E-state index in [0.29, 0.717) is 16.7 Å². The Morgan fingerprint density at radius 2 is 1.10 bits per heavy atom. The van der Waals surface area contributed by atoms with Crippen molar-refractivity contribution in [3.05, 3.63) is 71.4 Å². The van der Waals surface area contributed by atoms with Gasteiger partial charge in [-0.3, -0.25) is 9.59 Å². The zero-order valence-electron chi connectivity index (χ0n) is 16.6. The molecule has 2 amide bonds. The largest absolute Gasteiger partial charge is 0.302 e. The molecule has 0 aliphatic rings. The Balaban J connectivity index is 1.21. The maximum absolute atomic E-state index is 12.2. The van der Waals surface area contributed by atoms with E-state index < -0.39 is 0 Å². The van der Waals surface area contributed by atoms with E-state index in [0.717, 1.165) is 22.5 Å². The van der Waals surface area contributed by atoms with Gasteiger partial charge in [-0.05, 0) is 6.42 Å². The van der Waals surface area contributed by atoms with E-state index in [1.54, 1.807) is 0 Å². The van der Waals surface area contributed by atoms with Gasteiger partial charge in [-0.15, -0.1) is 22.7 Å². The summed E-state index contributed by atoms with van der Waals surface area (Å²) in [7, 11) is 0. The van der Waals surface area contributed by atoms with Gasteiger partial charge < -0.3 is 10.6 Å². The fourth-order valence-electron chi connectivity index (χ4n) is 2.92. The minimum absolute atomic E-state index is 0.151. The second-order valence-electron chi connectivity index (χ2n) is 6.76. The van der Waals surface area contributed by atoms with Gasteiger partial charge in [0.05, 0.1) is 11.4 Å². The Bertz CT molecular complexity index is 1060. The average molecular weight is 449 g/mol.